The minimum Gasteiger partial charge on any atom is -0.311 e. The summed E-state index contributed by atoms with van der Waals surface area (Å²) < 4.78 is 24.2. The van der Waals surface area contributed by atoms with Gasteiger partial charge >= 0.3 is 0 Å². The topological polar surface area (TPSA) is 71.1 Å². The van der Waals surface area contributed by atoms with Gasteiger partial charge in [0.2, 0.25) is 10.0 Å². The Morgan fingerprint density at radius 1 is 1.21 bits per heavy atom. The third-order valence-electron chi connectivity index (χ3n) is 2.66. The maximum atomic E-state index is 10.9. The first-order valence-corrected chi connectivity index (χ1v) is 7.93. The Morgan fingerprint density at radius 2 is 2.05 bits per heavy atom. The van der Waals surface area contributed by atoms with Crippen LogP contribution in [0.4, 0.5) is 0 Å². The molecule has 19 heavy (non-hydrogen) atoms. The third-order valence-corrected chi connectivity index (χ3v) is 3.39. The molecule has 0 fully saturated rings. The molecule has 102 valence electrons. The van der Waals surface area contributed by atoms with E-state index in [-0.39, 0.29) is 0 Å². The van der Waals surface area contributed by atoms with Crippen molar-refractivity contribution in [2.24, 2.45) is 0 Å². The Hall–Kier alpha value is -1.50. The smallest absolute Gasteiger partial charge is 0.208 e. The first-order chi connectivity index (χ1) is 9.04. The van der Waals surface area contributed by atoms with E-state index in [1.54, 1.807) is 6.20 Å². The van der Waals surface area contributed by atoms with E-state index in [0.29, 0.717) is 19.6 Å². The summed E-state index contributed by atoms with van der Waals surface area (Å²) in [6, 6.07) is 10.0. The van der Waals surface area contributed by atoms with Crippen molar-refractivity contribution in [2.75, 3.05) is 19.3 Å². The number of rotatable bonds is 6. The zero-order chi connectivity index (χ0) is 13.7. The van der Waals surface area contributed by atoms with Gasteiger partial charge in [0.05, 0.1) is 11.8 Å². The van der Waals surface area contributed by atoms with Crippen LogP contribution in [0.1, 0.15) is 5.56 Å². The normalized spacial score (nSPS) is 11.8. The Balaban J connectivity index is 1.85. The molecule has 1 heterocycles. The van der Waals surface area contributed by atoms with Gasteiger partial charge in [-0.15, -0.1) is 0 Å². The number of fused-ring (bicyclic) bond motifs is 1. The van der Waals surface area contributed by atoms with Gasteiger partial charge in [-0.25, -0.2) is 13.1 Å². The fourth-order valence-corrected chi connectivity index (χ4v) is 2.27. The number of sulfonamides is 1. The summed E-state index contributed by atoms with van der Waals surface area (Å²) >= 11 is 0. The van der Waals surface area contributed by atoms with Gasteiger partial charge in [-0.1, -0.05) is 12.1 Å². The van der Waals surface area contributed by atoms with Crippen LogP contribution < -0.4 is 10.0 Å². The minimum atomic E-state index is -3.10. The summed E-state index contributed by atoms with van der Waals surface area (Å²) in [6.07, 6.45) is 2.93. The van der Waals surface area contributed by atoms with Crippen LogP contribution in [0.25, 0.3) is 10.9 Å². The molecule has 0 bridgehead atoms. The Labute approximate surface area is 113 Å². The first kappa shape index (κ1) is 13.9. The van der Waals surface area contributed by atoms with Crippen molar-refractivity contribution in [3.05, 3.63) is 42.1 Å². The monoisotopic (exact) mass is 279 g/mol. The number of nitrogens with zero attached hydrogens (tertiary/aromatic N) is 1. The molecule has 5 nitrogen and oxygen atoms in total. The second-order valence-electron chi connectivity index (χ2n) is 4.37. The molecule has 0 aliphatic rings. The fourth-order valence-electron chi connectivity index (χ4n) is 1.79. The van der Waals surface area contributed by atoms with Gasteiger partial charge < -0.3 is 5.32 Å². The highest BCUT2D eigenvalue weighted by Gasteiger charge is 1.99. The molecule has 0 saturated carbocycles. The predicted octanol–water partition coefficient (Wildman–Crippen LogP) is 0.874. The van der Waals surface area contributed by atoms with Crippen LogP contribution in [0, 0.1) is 0 Å². The molecule has 1 aromatic heterocycles. The van der Waals surface area contributed by atoms with Gasteiger partial charge in [0, 0.05) is 31.2 Å². The molecule has 6 heteroatoms. The van der Waals surface area contributed by atoms with E-state index < -0.39 is 10.0 Å². The molecule has 1 aromatic carbocycles. The highest BCUT2D eigenvalue weighted by Crippen LogP contribution is 2.12. The van der Waals surface area contributed by atoms with Crippen LogP contribution >= 0.6 is 0 Å². The molecular weight excluding hydrogens is 262 g/mol. The second kappa shape index (κ2) is 6.10. The highest BCUT2D eigenvalue weighted by molar-refractivity contribution is 7.88. The number of aromatic nitrogens is 1. The van der Waals surface area contributed by atoms with Crippen molar-refractivity contribution >= 4 is 20.9 Å². The number of pyridine rings is 1. The lowest BCUT2D eigenvalue weighted by Gasteiger charge is -2.06. The molecule has 0 aliphatic heterocycles. The number of nitrogens with one attached hydrogen (secondary N) is 2. The molecular formula is C13H17N3O2S. The Morgan fingerprint density at radius 3 is 2.84 bits per heavy atom. The van der Waals surface area contributed by atoms with E-state index in [0.717, 1.165) is 22.7 Å². The number of hydrogen-bond acceptors (Lipinski definition) is 4. The highest BCUT2D eigenvalue weighted by atomic mass is 32.2. The Kier molecular flexibility index (Phi) is 4.47. The van der Waals surface area contributed by atoms with Crippen molar-refractivity contribution in [1.29, 1.82) is 0 Å². The van der Waals surface area contributed by atoms with Crippen LogP contribution in [0.5, 0.6) is 0 Å². The third kappa shape index (κ3) is 4.59. The average molecular weight is 279 g/mol. The van der Waals surface area contributed by atoms with E-state index >= 15 is 0 Å². The summed E-state index contributed by atoms with van der Waals surface area (Å²) in [5.74, 6) is 0. The fraction of sp³-hybridized carbons (Fsp3) is 0.308. The summed E-state index contributed by atoms with van der Waals surface area (Å²) in [7, 11) is -3.10. The van der Waals surface area contributed by atoms with Crippen LogP contribution in [0.15, 0.2) is 36.5 Å². The quantitative estimate of drug-likeness (QED) is 0.770. The summed E-state index contributed by atoms with van der Waals surface area (Å²) in [6.45, 7) is 1.70. The van der Waals surface area contributed by atoms with Crippen LogP contribution in [0.3, 0.4) is 0 Å². The maximum Gasteiger partial charge on any atom is 0.208 e. The molecule has 0 atom stereocenters. The van der Waals surface area contributed by atoms with Crippen LogP contribution in [0.2, 0.25) is 0 Å². The van der Waals surface area contributed by atoms with Gasteiger partial charge in [-0.05, 0) is 23.8 Å². The molecule has 2 rings (SSSR count). The van der Waals surface area contributed by atoms with Gasteiger partial charge in [0.15, 0.2) is 0 Å². The van der Waals surface area contributed by atoms with Gasteiger partial charge in [0.1, 0.15) is 0 Å². The number of benzene rings is 1. The molecule has 0 spiro atoms. The van der Waals surface area contributed by atoms with Crippen molar-refractivity contribution in [1.82, 2.24) is 15.0 Å². The maximum absolute atomic E-state index is 10.9. The van der Waals surface area contributed by atoms with E-state index in [4.69, 9.17) is 0 Å². The lowest BCUT2D eigenvalue weighted by Crippen LogP contribution is -2.30. The standard InChI is InChI=1S/C13H17N3O2S/c1-19(17,18)16-8-7-14-10-11-4-5-13-12(9-11)3-2-6-15-13/h2-6,9,14,16H,7-8,10H2,1H3. The lowest BCUT2D eigenvalue weighted by atomic mass is 10.1. The van der Waals surface area contributed by atoms with Crippen molar-refractivity contribution in [3.8, 4) is 0 Å². The zero-order valence-corrected chi connectivity index (χ0v) is 11.6. The van der Waals surface area contributed by atoms with Crippen molar-refractivity contribution in [3.63, 3.8) is 0 Å². The predicted molar refractivity (Wildman–Crippen MR) is 76.3 cm³/mol. The van der Waals surface area contributed by atoms with Crippen LogP contribution in [-0.4, -0.2) is 32.7 Å². The summed E-state index contributed by atoms with van der Waals surface area (Å²) in [5.41, 5.74) is 2.13. The minimum absolute atomic E-state index is 0.397. The van der Waals surface area contributed by atoms with Gasteiger partial charge in [0.25, 0.3) is 0 Å². The first-order valence-electron chi connectivity index (χ1n) is 6.04. The van der Waals surface area contributed by atoms with Crippen molar-refractivity contribution < 1.29 is 8.42 Å². The van der Waals surface area contributed by atoms with Gasteiger partial charge in [-0.3, -0.25) is 4.98 Å². The molecule has 0 amide bonds. The van der Waals surface area contributed by atoms with E-state index in [9.17, 15) is 8.42 Å². The molecule has 0 unspecified atom stereocenters. The second-order valence-corrected chi connectivity index (χ2v) is 6.21. The lowest BCUT2D eigenvalue weighted by molar-refractivity contribution is 0.582. The molecule has 0 aliphatic carbocycles. The van der Waals surface area contributed by atoms with E-state index in [2.05, 4.69) is 21.1 Å². The SMILES string of the molecule is CS(=O)(=O)NCCNCc1ccc2ncccc2c1. The number of hydrogen-bond donors (Lipinski definition) is 2. The molecule has 2 N–H and O–H groups in total. The summed E-state index contributed by atoms with van der Waals surface area (Å²) in [4.78, 5) is 4.26. The average Bonchev–Trinajstić information content (AvgIpc) is 2.37. The van der Waals surface area contributed by atoms with E-state index in [1.165, 1.54) is 0 Å². The van der Waals surface area contributed by atoms with Crippen molar-refractivity contribution in [2.45, 2.75) is 6.54 Å². The zero-order valence-electron chi connectivity index (χ0n) is 10.8. The van der Waals surface area contributed by atoms with E-state index in [1.807, 2.05) is 24.3 Å². The van der Waals surface area contributed by atoms with Crippen LogP contribution in [-0.2, 0) is 16.6 Å². The van der Waals surface area contributed by atoms with Gasteiger partial charge in [-0.2, -0.15) is 0 Å². The molecule has 2 aromatic rings. The molecule has 0 radical (unpaired) electrons. The summed E-state index contributed by atoms with van der Waals surface area (Å²) in [5, 5.41) is 4.30. The molecule has 0 saturated heterocycles. The largest absolute Gasteiger partial charge is 0.311 e. The Bertz CT molecular complexity index is 656.